The van der Waals surface area contributed by atoms with E-state index in [1.54, 1.807) is 0 Å². The number of aliphatic hydroxyl groups excluding tert-OH is 8. The lowest BCUT2D eigenvalue weighted by Gasteiger charge is -2.52. The summed E-state index contributed by atoms with van der Waals surface area (Å²) in [6.07, 6.45) is -18.9. The molecular formula is C12H22O11. The van der Waals surface area contributed by atoms with Gasteiger partial charge in [-0.25, -0.2) is 0 Å². The molecule has 0 spiro atoms. The summed E-state index contributed by atoms with van der Waals surface area (Å²) in [6, 6.07) is 0. The third-order valence-electron chi connectivity index (χ3n) is 4.10. The maximum Gasteiger partial charge on any atom is 0.225 e. The van der Waals surface area contributed by atoms with Crippen molar-refractivity contribution in [2.45, 2.75) is 60.7 Å². The molecule has 0 bridgehead atoms. The van der Waals surface area contributed by atoms with Crippen LogP contribution in [-0.4, -0.2) is 120 Å². The van der Waals surface area contributed by atoms with Crippen LogP contribution in [0.15, 0.2) is 0 Å². The van der Waals surface area contributed by atoms with Crippen molar-refractivity contribution in [3.8, 4) is 0 Å². The van der Waals surface area contributed by atoms with Crippen molar-refractivity contribution >= 4 is 0 Å². The number of hydrogen-bond acceptors (Lipinski definition) is 11. The molecule has 2 fully saturated rings. The van der Waals surface area contributed by atoms with E-state index in [2.05, 4.69) is 0 Å². The summed E-state index contributed by atoms with van der Waals surface area (Å²) >= 11 is 0. The van der Waals surface area contributed by atoms with E-state index in [0.717, 1.165) is 0 Å². The van der Waals surface area contributed by atoms with Crippen molar-refractivity contribution in [1.82, 2.24) is 0 Å². The van der Waals surface area contributed by atoms with Gasteiger partial charge in [-0.15, -0.1) is 0 Å². The van der Waals surface area contributed by atoms with E-state index in [4.69, 9.17) is 21.1 Å². The van der Waals surface area contributed by atoms with Crippen molar-refractivity contribution in [1.29, 1.82) is 0 Å². The molecule has 136 valence electrons. The largest absolute Gasteiger partial charge is 0.394 e. The van der Waals surface area contributed by atoms with E-state index in [1.807, 2.05) is 0 Å². The minimum absolute atomic E-state index is 0.910. The molecule has 9 N–H and O–H groups in total. The Balaban J connectivity index is 2.45. The summed E-state index contributed by atoms with van der Waals surface area (Å²) in [5.74, 6) is -3.22. The molecule has 0 aromatic heterocycles. The zero-order valence-corrected chi connectivity index (χ0v) is 11.9. The molecule has 11 heteroatoms. The monoisotopic (exact) mass is 343 g/mol. The highest BCUT2D eigenvalue weighted by Gasteiger charge is 2.62. The van der Waals surface area contributed by atoms with Crippen LogP contribution in [-0.2, 0) is 9.47 Å². The third-order valence-corrected chi connectivity index (χ3v) is 4.10. The highest BCUT2D eigenvalue weighted by atomic mass is 16.7. The maximum absolute atomic E-state index is 10.6. The Morgan fingerprint density at radius 3 is 1.83 bits per heavy atom. The topological polar surface area (TPSA) is 201 Å². The molecule has 2 rings (SSSR count). The Morgan fingerprint density at radius 2 is 1.30 bits per heavy atom. The number of hydrogen-bond donors (Lipinski definition) is 9. The van der Waals surface area contributed by atoms with E-state index >= 15 is 0 Å². The summed E-state index contributed by atoms with van der Waals surface area (Å²) in [7, 11) is 0. The number of ether oxygens (including phenoxy) is 2. The van der Waals surface area contributed by atoms with Crippen LogP contribution in [0.3, 0.4) is 0 Å². The highest BCUT2D eigenvalue weighted by molar-refractivity contribution is 5.05. The van der Waals surface area contributed by atoms with Gasteiger partial charge in [0.15, 0.2) is 0 Å². The molecular weight excluding hydrogens is 320 g/mol. The Kier molecular flexibility index (Phi) is 5.15. The van der Waals surface area contributed by atoms with Gasteiger partial charge in [-0.2, -0.15) is 0 Å². The smallest absolute Gasteiger partial charge is 0.225 e. The lowest BCUT2D eigenvalue weighted by atomic mass is 9.83. The van der Waals surface area contributed by atoms with Crippen LogP contribution in [0.2, 0.25) is 0 Å². The fraction of sp³-hybridized carbons (Fsp3) is 1.00. The molecule has 0 amide bonds. The molecule has 10 atom stereocenters. The molecule has 0 aromatic rings. The van der Waals surface area contributed by atoms with E-state index in [9.17, 15) is 35.7 Å². The van der Waals surface area contributed by atoms with E-state index in [-0.39, 0.29) is 0 Å². The van der Waals surface area contributed by atoms with Gasteiger partial charge in [0, 0.05) is 0 Å². The van der Waals surface area contributed by atoms with E-state index in [0.29, 0.717) is 0 Å². The van der Waals surface area contributed by atoms with Gasteiger partial charge in [0.1, 0.15) is 54.9 Å². The fourth-order valence-corrected chi connectivity index (χ4v) is 2.66. The predicted molar refractivity (Wildman–Crippen MR) is 68.7 cm³/mol. The normalized spacial score (nSPS) is 58.7. The molecule has 0 saturated carbocycles. The highest BCUT2D eigenvalue weighted by Crippen LogP contribution is 2.37. The molecule has 23 heavy (non-hydrogen) atoms. The maximum atomic E-state index is 10.6. The summed E-state index contributed by atoms with van der Waals surface area (Å²) in [4.78, 5) is 0. The summed E-state index contributed by atoms with van der Waals surface area (Å²) in [5.41, 5.74) is 0. The standard InChI is InChI=1S/C12H22O11/c13-1-3-5(15)7(17)9(19)11(22-3)12(21)10(20)8(18)6(16)4(2-14)23-12/h3-11,13-21H,1-2H2/t3-,4-,5-,6-,7+,8+,9+,10-,11?,12?/m1/s1/i11D. The lowest BCUT2D eigenvalue weighted by Crippen LogP contribution is -2.75. The second kappa shape index (κ2) is 6.82. The molecule has 0 aliphatic carbocycles. The van der Waals surface area contributed by atoms with Gasteiger partial charge in [0.05, 0.1) is 14.6 Å². The molecule has 11 nitrogen and oxygen atoms in total. The van der Waals surface area contributed by atoms with Crippen LogP contribution in [0.5, 0.6) is 0 Å². The Bertz CT molecular complexity index is 411. The zero-order valence-electron chi connectivity index (χ0n) is 12.9. The second-order valence-electron chi connectivity index (χ2n) is 5.59. The van der Waals surface area contributed by atoms with Crippen LogP contribution in [0.4, 0.5) is 0 Å². The SMILES string of the molecule is [2H]C1(C2(O)O[C@H](CO)[C@@H](O)[C@H](O)[C@H]2O)O[C@H](CO)[C@@H](O)[C@H](O)[C@@H]1O. The van der Waals surface area contributed by atoms with Gasteiger partial charge < -0.3 is 55.4 Å². The van der Waals surface area contributed by atoms with Crippen LogP contribution in [0.1, 0.15) is 1.37 Å². The average molecular weight is 343 g/mol. The predicted octanol–water partition coefficient (Wildman–Crippen LogP) is -6.01. The molecule has 2 aliphatic rings. The summed E-state index contributed by atoms with van der Waals surface area (Å²) < 4.78 is 18.0. The molecule has 2 aliphatic heterocycles. The van der Waals surface area contributed by atoms with Gasteiger partial charge in [0.2, 0.25) is 5.79 Å². The van der Waals surface area contributed by atoms with Crippen molar-refractivity contribution in [2.75, 3.05) is 13.2 Å². The van der Waals surface area contributed by atoms with Crippen LogP contribution in [0.25, 0.3) is 0 Å². The van der Waals surface area contributed by atoms with E-state index < -0.39 is 73.9 Å². The van der Waals surface area contributed by atoms with Crippen LogP contribution < -0.4 is 0 Å². The summed E-state index contributed by atoms with van der Waals surface area (Å²) in [5, 5.41) is 88.1. The Hall–Kier alpha value is -0.440. The first-order valence-corrected chi connectivity index (χ1v) is 6.93. The number of rotatable bonds is 3. The van der Waals surface area contributed by atoms with Crippen LogP contribution >= 0.6 is 0 Å². The fourth-order valence-electron chi connectivity index (χ4n) is 2.66. The van der Waals surface area contributed by atoms with Crippen molar-refractivity contribution in [3.05, 3.63) is 0 Å². The first-order valence-electron chi connectivity index (χ1n) is 7.43. The van der Waals surface area contributed by atoms with Crippen molar-refractivity contribution < 1.29 is 56.8 Å². The summed E-state index contributed by atoms with van der Waals surface area (Å²) in [6.45, 7) is -1.83. The molecule has 2 saturated heterocycles. The Morgan fingerprint density at radius 1 is 0.783 bits per heavy atom. The quantitative estimate of drug-likeness (QED) is 0.236. The minimum Gasteiger partial charge on any atom is -0.394 e. The number of aliphatic hydroxyl groups is 9. The first-order chi connectivity index (χ1) is 11.0. The molecule has 0 radical (unpaired) electrons. The van der Waals surface area contributed by atoms with Gasteiger partial charge in [-0.1, -0.05) is 0 Å². The van der Waals surface area contributed by atoms with Gasteiger partial charge >= 0.3 is 0 Å². The molecule has 2 unspecified atom stereocenters. The van der Waals surface area contributed by atoms with E-state index in [1.165, 1.54) is 0 Å². The molecule has 2 heterocycles. The van der Waals surface area contributed by atoms with Crippen LogP contribution in [0, 0.1) is 0 Å². The zero-order chi connectivity index (χ0) is 18.4. The minimum atomic E-state index is -3.22. The van der Waals surface area contributed by atoms with Gasteiger partial charge in [-0.3, -0.25) is 0 Å². The average Bonchev–Trinajstić information content (AvgIpc) is 2.57. The van der Waals surface area contributed by atoms with Crippen molar-refractivity contribution in [2.24, 2.45) is 0 Å². The second-order valence-corrected chi connectivity index (χ2v) is 5.59. The first kappa shape index (κ1) is 17.4. The third kappa shape index (κ3) is 2.99. The molecule has 0 aromatic carbocycles. The lowest BCUT2D eigenvalue weighted by molar-refractivity contribution is -0.406. The van der Waals surface area contributed by atoms with Gasteiger partial charge in [0.25, 0.3) is 0 Å². The van der Waals surface area contributed by atoms with Crippen molar-refractivity contribution in [3.63, 3.8) is 0 Å². The van der Waals surface area contributed by atoms with Gasteiger partial charge in [-0.05, 0) is 0 Å². The Labute approximate surface area is 132 Å².